The van der Waals surface area contributed by atoms with Crippen molar-refractivity contribution < 1.29 is 32.2 Å². The number of rotatable bonds is 10. The van der Waals surface area contributed by atoms with Gasteiger partial charge in [-0.15, -0.1) is 0 Å². The maximum Gasteiger partial charge on any atom is 0.274 e. The van der Waals surface area contributed by atoms with E-state index in [9.17, 15) is 8.42 Å². The first-order valence-electron chi connectivity index (χ1n) is 16.2. The van der Waals surface area contributed by atoms with Crippen molar-refractivity contribution in [2.75, 3.05) is 64.9 Å². The molecule has 0 spiro atoms. The molecule has 0 aliphatic carbocycles. The van der Waals surface area contributed by atoms with Gasteiger partial charge in [-0.25, -0.2) is 22.7 Å². The van der Waals surface area contributed by atoms with E-state index in [0.717, 1.165) is 25.9 Å². The predicted octanol–water partition coefficient (Wildman–Crippen LogP) is 2.82. The van der Waals surface area contributed by atoms with Crippen molar-refractivity contribution in [3.8, 4) is 17.4 Å². The summed E-state index contributed by atoms with van der Waals surface area (Å²) in [5, 5.41) is 5.55. The molecule has 3 aliphatic rings. The number of halogens is 1. The minimum atomic E-state index is -4.70. The maximum absolute atomic E-state index is 15.3. The monoisotopic (exact) mass is 712 g/mol. The molecule has 2 aromatic carbocycles. The fourth-order valence-corrected chi connectivity index (χ4v) is 8.91. The van der Waals surface area contributed by atoms with Gasteiger partial charge in [0.1, 0.15) is 16.4 Å². The fourth-order valence-electron chi connectivity index (χ4n) is 7.13. The number of fused-ring (bicyclic) bond motifs is 1. The van der Waals surface area contributed by atoms with Crippen LogP contribution in [-0.4, -0.2) is 102 Å². The number of hydrogen-bond donors (Lipinski definition) is 2. The van der Waals surface area contributed by atoms with Crippen LogP contribution in [0.25, 0.3) is 0 Å². The molecule has 2 unspecified atom stereocenters. The SMILES string of the molecule is CCOc1ncccc1C1(C(=O)NN2CCNCC2C2CCN(C)CC2)C(=O)N(S(=O)(=O)c2ccc(OC)cc2OC)c2ccc(Cl)cc21. The van der Waals surface area contributed by atoms with E-state index in [-0.39, 0.29) is 56.9 Å². The average Bonchev–Trinajstić information content (AvgIpc) is 3.37. The number of piperidine rings is 1. The zero-order chi connectivity index (χ0) is 34.9. The Labute approximate surface area is 291 Å². The number of nitrogens with one attached hydrogen (secondary N) is 2. The molecule has 0 radical (unpaired) electrons. The second-order valence-electron chi connectivity index (χ2n) is 12.3. The molecule has 2 atom stereocenters. The number of pyridine rings is 1. The molecule has 1 aromatic heterocycles. The van der Waals surface area contributed by atoms with Gasteiger partial charge in [0.15, 0.2) is 5.41 Å². The van der Waals surface area contributed by atoms with E-state index in [1.165, 1.54) is 56.8 Å². The summed E-state index contributed by atoms with van der Waals surface area (Å²) in [6.07, 6.45) is 3.39. The predicted molar refractivity (Wildman–Crippen MR) is 184 cm³/mol. The van der Waals surface area contributed by atoms with E-state index < -0.39 is 27.3 Å². The minimum absolute atomic E-state index is 0.0212. The topological polar surface area (TPSA) is 143 Å². The Morgan fingerprint density at radius 2 is 1.86 bits per heavy atom. The number of benzene rings is 2. The van der Waals surface area contributed by atoms with E-state index in [2.05, 4.69) is 27.7 Å². The van der Waals surface area contributed by atoms with Crippen molar-refractivity contribution in [1.82, 2.24) is 25.6 Å². The summed E-state index contributed by atoms with van der Waals surface area (Å²) in [5.41, 5.74) is 0.989. The lowest BCUT2D eigenvalue weighted by Crippen LogP contribution is -2.65. The van der Waals surface area contributed by atoms with Crippen LogP contribution in [0, 0.1) is 5.92 Å². The molecule has 2 amide bonds. The van der Waals surface area contributed by atoms with Crippen molar-refractivity contribution in [2.24, 2.45) is 5.92 Å². The lowest BCUT2D eigenvalue weighted by molar-refractivity contribution is -0.138. The first kappa shape index (κ1) is 34.9. The van der Waals surface area contributed by atoms with Crippen LogP contribution in [0.15, 0.2) is 59.6 Å². The molecule has 6 rings (SSSR count). The number of carbonyl (C=O) groups excluding carboxylic acids is 2. The number of anilines is 1. The van der Waals surface area contributed by atoms with Crippen molar-refractivity contribution in [3.05, 3.63) is 70.9 Å². The third-order valence-electron chi connectivity index (χ3n) is 9.61. The highest BCUT2D eigenvalue weighted by Crippen LogP contribution is 2.52. The average molecular weight is 713 g/mol. The number of hydrogen-bond acceptors (Lipinski definition) is 11. The second-order valence-corrected chi connectivity index (χ2v) is 14.5. The minimum Gasteiger partial charge on any atom is -0.497 e. The van der Waals surface area contributed by atoms with E-state index in [1.54, 1.807) is 19.1 Å². The lowest BCUT2D eigenvalue weighted by atomic mass is 9.74. The number of methoxy groups -OCH3 is 2. The van der Waals surface area contributed by atoms with Gasteiger partial charge >= 0.3 is 0 Å². The number of amides is 2. The lowest BCUT2D eigenvalue weighted by Gasteiger charge is -2.44. The van der Waals surface area contributed by atoms with E-state index >= 15 is 9.59 Å². The van der Waals surface area contributed by atoms with E-state index in [4.69, 9.17) is 25.8 Å². The Bertz CT molecular complexity index is 1840. The van der Waals surface area contributed by atoms with Crippen molar-refractivity contribution in [3.63, 3.8) is 0 Å². The highest BCUT2D eigenvalue weighted by Gasteiger charge is 2.63. The zero-order valence-corrected chi connectivity index (χ0v) is 29.5. The van der Waals surface area contributed by atoms with Crippen LogP contribution < -0.4 is 29.3 Å². The number of carbonyl (C=O) groups is 2. The molecule has 2 N–H and O–H groups in total. The number of likely N-dealkylation sites (tertiary alicyclic amines) is 1. The summed E-state index contributed by atoms with van der Waals surface area (Å²) in [7, 11) is 0.167. The number of ether oxygens (including phenoxy) is 3. The van der Waals surface area contributed by atoms with Gasteiger partial charge in [0, 0.05) is 54.1 Å². The number of aromatic nitrogens is 1. The normalized spacial score (nSPS) is 22.1. The van der Waals surface area contributed by atoms with E-state index in [1.807, 2.05) is 5.01 Å². The summed E-state index contributed by atoms with van der Waals surface area (Å²) < 4.78 is 46.6. The van der Waals surface area contributed by atoms with Crippen molar-refractivity contribution in [2.45, 2.75) is 36.1 Å². The van der Waals surface area contributed by atoms with Gasteiger partial charge in [0.2, 0.25) is 5.88 Å². The van der Waals surface area contributed by atoms with Gasteiger partial charge in [0.05, 0.1) is 26.5 Å². The largest absolute Gasteiger partial charge is 0.497 e. The molecule has 2 fully saturated rings. The van der Waals surface area contributed by atoms with Gasteiger partial charge in [-0.2, -0.15) is 0 Å². The Hall–Kier alpha value is -3.95. The van der Waals surface area contributed by atoms with Crippen LogP contribution in [0.5, 0.6) is 17.4 Å². The molecule has 0 saturated carbocycles. The molecule has 4 heterocycles. The third kappa shape index (κ3) is 6.09. The zero-order valence-electron chi connectivity index (χ0n) is 27.9. The molecule has 15 heteroatoms. The molecule has 3 aromatic rings. The molecular formula is C34H41ClN6O7S. The van der Waals surface area contributed by atoms with Crippen LogP contribution in [-0.2, 0) is 25.0 Å². The summed E-state index contributed by atoms with van der Waals surface area (Å²) >= 11 is 6.57. The highest BCUT2D eigenvalue weighted by molar-refractivity contribution is 7.93. The first-order valence-corrected chi connectivity index (χ1v) is 18.1. The number of nitrogens with zero attached hydrogens (tertiary/aromatic N) is 4. The Kier molecular flexibility index (Phi) is 10.1. The maximum atomic E-state index is 15.3. The van der Waals surface area contributed by atoms with Crippen molar-refractivity contribution in [1.29, 1.82) is 0 Å². The van der Waals surface area contributed by atoms with Crippen LogP contribution in [0.2, 0.25) is 5.02 Å². The quantitative estimate of drug-likeness (QED) is 0.300. The Morgan fingerprint density at radius 3 is 2.57 bits per heavy atom. The summed E-state index contributed by atoms with van der Waals surface area (Å²) in [6, 6.07) is 11.6. The summed E-state index contributed by atoms with van der Waals surface area (Å²) in [5.74, 6) is -1.14. The molecule has 3 aliphatic heterocycles. The Morgan fingerprint density at radius 1 is 1.08 bits per heavy atom. The summed E-state index contributed by atoms with van der Waals surface area (Å²) in [4.78, 5) is 36.8. The molecule has 262 valence electrons. The number of hydrazine groups is 1. The van der Waals surface area contributed by atoms with Gasteiger partial charge in [-0.1, -0.05) is 17.7 Å². The van der Waals surface area contributed by atoms with Crippen molar-refractivity contribution >= 4 is 39.1 Å². The van der Waals surface area contributed by atoms with Crippen LogP contribution in [0.1, 0.15) is 30.9 Å². The molecule has 2 saturated heterocycles. The number of sulfonamides is 1. The molecule has 13 nitrogen and oxygen atoms in total. The molecule has 0 bridgehead atoms. The van der Waals surface area contributed by atoms with Crippen LogP contribution in [0.4, 0.5) is 5.69 Å². The van der Waals surface area contributed by atoms with Gasteiger partial charge in [-0.3, -0.25) is 15.0 Å². The molecular weight excluding hydrogens is 672 g/mol. The van der Waals surface area contributed by atoms with Gasteiger partial charge in [-0.05, 0) is 82.2 Å². The second kappa shape index (κ2) is 14.1. The fraction of sp³-hybridized carbons (Fsp3) is 0.441. The highest BCUT2D eigenvalue weighted by atomic mass is 35.5. The third-order valence-corrected chi connectivity index (χ3v) is 11.6. The van der Waals surface area contributed by atoms with Gasteiger partial charge < -0.3 is 24.4 Å². The standard InChI is InChI=1S/C34H41ClN6O7S/c1-5-48-31-25(7-6-14-37-31)34(32(42)38-40-18-15-36-21-28(40)22-12-16-39(2)17-13-22)26-19-23(35)8-10-27(26)41(33(34)43)49(44,45)30-11-9-24(46-3)20-29(30)47-4/h6-11,14,19-20,22,28,36H,5,12-13,15-18,21H2,1-4H3,(H,38,42). The Balaban J connectivity index is 1.53. The van der Waals surface area contributed by atoms with Gasteiger partial charge in [0.25, 0.3) is 21.8 Å². The number of piperazine rings is 1. The van der Waals surface area contributed by atoms with E-state index in [0.29, 0.717) is 29.7 Å². The van der Waals surface area contributed by atoms with Crippen LogP contribution in [0.3, 0.4) is 0 Å². The van der Waals surface area contributed by atoms with Crippen LogP contribution >= 0.6 is 11.6 Å². The smallest absolute Gasteiger partial charge is 0.274 e. The molecule has 49 heavy (non-hydrogen) atoms. The first-order chi connectivity index (χ1) is 23.6. The summed E-state index contributed by atoms with van der Waals surface area (Å²) in [6.45, 7) is 5.55.